The lowest BCUT2D eigenvalue weighted by Crippen LogP contribution is -2.28. The van der Waals surface area contributed by atoms with E-state index in [1.54, 1.807) is 7.11 Å². The van der Waals surface area contributed by atoms with Gasteiger partial charge in [-0.3, -0.25) is 0 Å². The minimum Gasteiger partial charge on any atom is -0.384 e. The topological polar surface area (TPSA) is 112 Å². The van der Waals surface area contributed by atoms with Crippen LogP contribution in [0, 0.1) is 0 Å². The average Bonchev–Trinajstić information content (AvgIpc) is 3.29. The first-order valence-corrected chi connectivity index (χ1v) is 16.1. The van der Waals surface area contributed by atoms with E-state index >= 15 is 0 Å². The van der Waals surface area contributed by atoms with Crippen molar-refractivity contribution < 1.29 is 13.2 Å². The van der Waals surface area contributed by atoms with Gasteiger partial charge in [0.05, 0.1) is 22.5 Å². The number of hydrogen-bond donors (Lipinski definition) is 2. The minimum absolute atomic E-state index is 0.0922. The average molecular weight is 580 g/mol. The highest BCUT2D eigenvalue weighted by Crippen LogP contribution is 2.35. The maximum atomic E-state index is 13.7. The molecule has 0 saturated carbocycles. The lowest BCUT2D eigenvalue weighted by Gasteiger charge is -2.23. The van der Waals surface area contributed by atoms with Crippen LogP contribution >= 0.6 is 0 Å². The summed E-state index contributed by atoms with van der Waals surface area (Å²) in [5, 5.41) is 1.00. The van der Waals surface area contributed by atoms with Crippen LogP contribution in [0.3, 0.4) is 0 Å². The molecule has 41 heavy (non-hydrogen) atoms. The highest BCUT2D eigenvalue weighted by Gasteiger charge is 2.26. The summed E-state index contributed by atoms with van der Waals surface area (Å²) in [7, 11) is -2.01. The molecule has 0 radical (unpaired) electrons. The van der Waals surface area contributed by atoms with Crippen LogP contribution in [0.1, 0.15) is 94.7 Å². The van der Waals surface area contributed by atoms with Gasteiger partial charge in [-0.1, -0.05) is 71.9 Å². The molecular formula is C32H45N5O3S. The highest BCUT2D eigenvalue weighted by molar-refractivity contribution is 7.89. The monoisotopic (exact) mass is 579 g/mol. The number of sulfonamides is 1. The third-order valence-electron chi connectivity index (χ3n) is 7.67. The van der Waals surface area contributed by atoms with Crippen molar-refractivity contribution in [3.05, 3.63) is 58.9 Å². The van der Waals surface area contributed by atoms with Crippen LogP contribution in [0.4, 0.5) is 5.82 Å². The number of nitrogens with two attached hydrogens (primary N) is 1. The van der Waals surface area contributed by atoms with Crippen LogP contribution in [0.2, 0.25) is 0 Å². The van der Waals surface area contributed by atoms with Crippen molar-refractivity contribution in [1.82, 2.24) is 19.3 Å². The molecule has 3 N–H and O–H groups in total. The Hall–Kier alpha value is -3.01. The third kappa shape index (κ3) is 6.58. The number of nitrogens with one attached hydrogen (secondary N) is 1. The molecule has 0 bridgehead atoms. The highest BCUT2D eigenvalue weighted by atomic mass is 32.2. The minimum atomic E-state index is -3.69. The van der Waals surface area contributed by atoms with E-state index in [2.05, 4.69) is 67.9 Å². The molecule has 222 valence electrons. The van der Waals surface area contributed by atoms with Gasteiger partial charge in [0.25, 0.3) is 0 Å². The number of ether oxygens (including phenoxy) is 1. The predicted molar refractivity (Wildman–Crippen MR) is 168 cm³/mol. The van der Waals surface area contributed by atoms with Gasteiger partial charge in [-0.25, -0.2) is 23.1 Å². The van der Waals surface area contributed by atoms with Gasteiger partial charge in [0, 0.05) is 32.0 Å². The van der Waals surface area contributed by atoms with Crippen molar-refractivity contribution in [2.75, 3.05) is 26.0 Å². The summed E-state index contributed by atoms with van der Waals surface area (Å²) in [6.45, 7) is 14.1. The molecule has 2 aromatic carbocycles. The standard InChI is InChI=1S/C32H45N5O3S/c1-20(2)23-18-25(21(3)4)31(26(19-23)22(5)6)41(38,39)34-15-10-11-16-37-28(14-17-40-7)36-29-30(37)24-12-8-9-13-27(24)35-32(29)33/h8-9,12-13,18-22,34H,10-11,14-17H2,1-7H3,(H2,33,35). The Balaban J connectivity index is 1.56. The van der Waals surface area contributed by atoms with Gasteiger partial charge in [0.15, 0.2) is 5.82 Å². The van der Waals surface area contributed by atoms with Crippen LogP contribution in [0.5, 0.6) is 0 Å². The number of imidazole rings is 1. The molecule has 9 heteroatoms. The summed E-state index contributed by atoms with van der Waals surface area (Å²) in [4.78, 5) is 9.83. The van der Waals surface area contributed by atoms with Crippen LogP contribution in [-0.4, -0.2) is 43.2 Å². The summed E-state index contributed by atoms with van der Waals surface area (Å²) in [5.74, 6) is 1.81. The van der Waals surface area contributed by atoms with E-state index in [0.717, 1.165) is 39.8 Å². The number of unbranched alkanes of at least 4 members (excludes halogenated alkanes) is 1. The summed E-state index contributed by atoms with van der Waals surface area (Å²) in [6.07, 6.45) is 2.10. The molecule has 0 aliphatic heterocycles. The molecule has 0 unspecified atom stereocenters. The molecule has 8 nitrogen and oxygen atoms in total. The molecule has 4 aromatic rings. The van der Waals surface area contributed by atoms with Gasteiger partial charge >= 0.3 is 0 Å². The molecule has 0 amide bonds. The van der Waals surface area contributed by atoms with E-state index in [9.17, 15) is 8.42 Å². The van der Waals surface area contributed by atoms with Crippen LogP contribution < -0.4 is 10.5 Å². The Morgan fingerprint density at radius 1 is 0.951 bits per heavy atom. The number of rotatable bonds is 13. The van der Waals surface area contributed by atoms with E-state index in [1.165, 1.54) is 5.56 Å². The maximum absolute atomic E-state index is 13.7. The van der Waals surface area contributed by atoms with Crippen molar-refractivity contribution in [3.63, 3.8) is 0 Å². The number of aryl methyl sites for hydroxylation is 1. The van der Waals surface area contributed by atoms with E-state index in [1.807, 2.05) is 24.3 Å². The van der Waals surface area contributed by atoms with E-state index in [4.69, 9.17) is 15.5 Å². The zero-order valence-corrected chi connectivity index (χ0v) is 26.3. The summed E-state index contributed by atoms with van der Waals surface area (Å²) in [5.41, 5.74) is 11.8. The number of aromatic nitrogens is 3. The Bertz CT molecular complexity index is 1590. The second kappa shape index (κ2) is 12.9. The second-order valence-electron chi connectivity index (χ2n) is 11.7. The fourth-order valence-electron chi connectivity index (χ4n) is 5.40. The SMILES string of the molecule is COCCc1nc2c(N)nc3ccccc3c2n1CCCCNS(=O)(=O)c1c(C(C)C)cc(C(C)C)cc1C(C)C. The van der Waals surface area contributed by atoms with Gasteiger partial charge < -0.3 is 15.0 Å². The first-order valence-electron chi connectivity index (χ1n) is 14.7. The molecule has 0 atom stereocenters. The number of nitrogens with zero attached hydrogens (tertiary/aromatic N) is 3. The van der Waals surface area contributed by atoms with Crippen LogP contribution in [-0.2, 0) is 27.7 Å². The quantitative estimate of drug-likeness (QED) is 0.175. The Kier molecular flexibility index (Phi) is 9.72. The molecule has 2 heterocycles. The number of fused-ring (bicyclic) bond motifs is 3. The number of pyridine rings is 1. The summed E-state index contributed by atoms with van der Waals surface area (Å²) < 4.78 is 37.9. The van der Waals surface area contributed by atoms with Crippen molar-refractivity contribution in [3.8, 4) is 0 Å². The maximum Gasteiger partial charge on any atom is 0.241 e. The Morgan fingerprint density at radius 2 is 1.61 bits per heavy atom. The number of nitrogen functional groups attached to an aromatic ring is 1. The van der Waals surface area contributed by atoms with Gasteiger partial charge in [-0.05, 0) is 53.4 Å². The van der Waals surface area contributed by atoms with Gasteiger partial charge in [-0.15, -0.1) is 0 Å². The molecule has 0 fully saturated rings. The molecule has 0 aliphatic carbocycles. The lowest BCUT2D eigenvalue weighted by atomic mass is 9.89. The van der Waals surface area contributed by atoms with Crippen molar-refractivity contribution in [2.24, 2.45) is 0 Å². The summed E-state index contributed by atoms with van der Waals surface area (Å²) in [6, 6.07) is 12.1. The zero-order chi connectivity index (χ0) is 29.9. The first kappa shape index (κ1) is 30.9. The number of methoxy groups -OCH3 is 1. The van der Waals surface area contributed by atoms with E-state index in [0.29, 0.717) is 54.7 Å². The van der Waals surface area contributed by atoms with Gasteiger partial charge in [0.2, 0.25) is 10.0 Å². The van der Waals surface area contributed by atoms with Crippen molar-refractivity contribution >= 4 is 37.8 Å². The molecule has 0 saturated heterocycles. The molecule has 0 aliphatic rings. The van der Waals surface area contributed by atoms with Gasteiger partial charge in [0.1, 0.15) is 11.3 Å². The molecular weight excluding hydrogens is 534 g/mol. The Labute approximate surface area is 244 Å². The number of anilines is 1. The fourth-order valence-corrected chi connectivity index (χ4v) is 7.17. The lowest BCUT2D eigenvalue weighted by molar-refractivity contribution is 0.199. The molecule has 0 spiro atoms. The van der Waals surface area contributed by atoms with E-state index < -0.39 is 10.0 Å². The van der Waals surface area contributed by atoms with Gasteiger partial charge in [-0.2, -0.15) is 0 Å². The van der Waals surface area contributed by atoms with Crippen LogP contribution in [0.15, 0.2) is 41.3 Å². The summed E-state index contributed by atoms with van der Waals surface area (Å²) >= 11 is 0. The third-order valence-corrected chi connectivity index (χ3v) is 9.26. The van der Waals surface area contributed by atoms with E-state index in [-0.39, 0.29) is 11.8 Å². The molecule has 2 aromatic heterocycles. The zero-order valence-electron chi connectivity index (χ0n) is 25.5. The fraction of sp³-hybridized carbons (Fsp3) is 0.500. The Morgan fingerprint density at radius 3 is 2.22 bits per heavy atom. The number of benzene rings is 2. The predicted octanol–water partition coefficient (Wildman–Crippen LogP) is 6.48. The largest absolute Gasteiger partial charge is 0.384 e. The molecule has 4 rings (SSSR count). The normalized spacial score (nSPS) is 12.5. The van der Waals surface area contributed by atoms with Crippen molar-refractivity contribution in [1.29, 1.82) is 0 Å². The van der Waals surface area contributed by atoms with Crippen LogP contribution in [0.25, 0.3) is 21.9 Å². The number of hydrogen-bond acceptors (Lipinski definition) is 6. The smallest absolute Gasteiger partial charge is 0.241 e. The number of para-hydroxylation sites is 1. The second-order valence-corrected chi connectivity index (χ2v) is 13.4. The first-order chi connectivity index (χ1) is 19.5. The van der Waals surface area contributed by atoms with Crippen molar-refractivity contribution in [2.45, 2.75) is 90.0 Å².